The van der Waals surface area contributed by atoms with Crippen molar-refractivity contribution in [3.63, 3.8) is 0 Å². The van der Waals surface area contributed by atoms with Crippen LogP contribution in [0.25, 0.3) is 0 Å². The molecule has 4 rings (SSSR count). The summed E-state index contributed by atoms with van der Waals surface area (Å²) in [6.45, 7) is 3.94. The molecule has 1 amide bonds. The number of ether oxygens (including phenoxy) is 1. The number of hydrogen-bond donors (Lipinski definition) is 2. The van der Waals surface area contributed by atoms with Gasteiger partial charge in [-0.2, -0.15) is 4.98 Å². The summed E-state index contributed by atoms with van der Waals surface area (Å²) in [6, 6.07) is 12.8. The molecule has 0 fully saturated rings. The van der Waals surface area contributed by atoms with E-state index in [1.165, 1.54) is 5.01 Å². The predicted molar refractivity (Wildman–Crippen MR) is 130 cm³/mol. The fraction of sp³-hybridized carbons (Fsp3) is 0.280. The smallest absolute Gasteiger partial charge is 0.229 e. The number of allylic oxidation sites excluding steroid dienone is 1. The Kier molecular flexibility index (Phi) is 6.74. The number of benzene rings is 1. The molecule has 0 saturated heterocycles. The number of methoxy groups -OCH3 is 1. The number of aryl methyl sites for hydroxylation is 1. The van der Waals surface area contributed by atoms with Crippen LogP contribution in [-0.2, 0) is 10.4 Å². The molecule has 1 aromatic carbocycles. The van der Waals surface area contributed by atoms with Crippen molar-refractivity contribution in [3.05, 3.63) is 72.1 Å². The number of anilines is 4. The van der Waals surface area contributed by atoms with Crippen molar-refractivity contribution in [2.24, 2.45) is 0 Å². The highest BCUT2D eigenvalue weighted by molar-refractivity contribution is 5.66. The number of rotatable bonds is 5. The molecule has 0 radical (unpaired) electrons. The molecule has 2 N–H and O–H groups in total. The molecule has 1 unspecified atom stereocenters. The van der Waals surface area contributed by atoms with Gasteiger partial charge in [-0.3, -0.25) is 4.79 Å². The Balaban J connectivity index is 1.78. The molecule has 176 valence electrons. The minimum atomic E-state index is -1.11. The molecular formula is C25H28N6O3. The molecule has 2 aromatic heterocycles. The second-order valence-electron chi connectivity index (χ2n) is 8.26. The van der Waals surface area contributed by atoms with E-state index in [1.54, 1.807) is 37.4 Å². The van der Waals surface area contributed by atoms with Gasteiger partial charge < -0.3 is 15.2 Å². The van der Waals surface area contributed by atoms with Gasteiger partial charge in [0, 0.05) is 17.4 Å². The molecule has 9 nitrogen and oxygen atoms in total. The van der Waals surface area contributed by atoms with Crippen LogP contribution in [0.15, 0.2) is 60.8 Å². The van der Waals surface area contributed by atoms with Crippen molar-refractivity contribution < 1.29 is 14.6 Å². The molecule has 0 aliphatic carbocycles. The molecule has 2 bridgehead atoms. The lowest BCUT2D eigenvalue weighted by Crippen LogP contribution is -2.40. The number of hydrogen-bond acceptors (Lipinski definition) is 8. The third kappa shape index (κ3) is 4.99. The molecule has 0 spiro atoms. The monoisotopic (exact) mass is 460 g/mol. The Morgan fingerprint density at radius 2 is 1.94 bits per heavy atom. The summed E-state index contributed by atoms with van der Waals surface area (Å²) in [6.07, 6.45) is 7.47. The van der Waals surface area contributed by atoms with Crippen LogP contribution < -0.4 is 15.1 Å². The van der Waals surface area contributed by atoms with Gasteiger partial charge in [-0.1, -0.05) is 18.2 Å². The van der Waals surface area contributed by atoms with E-state index in [9.17, 15) is 9.90 Å². The third-order valence-electron chi connectivity index (χ3n) is 5.63. The number of carbonyl (C=O) groups excluding carboxylic acids is 1. The zero-order chi connectivity index (χ0) is 24.1. The zero-order valence-corrected chi connectivity index (χ0v) is 19.5. The first kappa shape index (κ1) is 23.2. The zero-order valence-electron chi connectivity index (χ0n) is 19.5. The molecule has 1 atom stereocenters. The summed E-state index contributed by atoms with van der Waals surface area (Å²) in [5.74, 6) is 2.08. The lowest BCUT2D eigenvalue weighted by molar-refractivity contribution is -0.117. The first-order valence-corrected chi connectivity index (χ1v) is 11.0. The molecule has 34 heavy (non-hydrogen) atoms. The molecule has 9 heteroatoms. The van der Waals surface area contributed by atoms with Crippen molar-refractivity contribution in [2.75, 3.05) is 24.0 Å². The average Bonchev–Trinajstić information content (AvgIpc) is 2.86. The number of pyridine rings is 1. The van der Waals surface area contributed by atoms with Crippen molar-refractivity contribution in [3.8, 4) is 5.75 Å². The van der Waals surface area contributed by atoms with Crippen LogP contribution in [0.1, 0.15) is 31.0 Å². The van der Waals surface area contributed by atoms with E-state index in [2.05, 4.69) is 10.3 Å². The number of hydrazine groups is 1. The molecule has 1 aliphatic rings. The Morgan fingerprint density at radius 3 is 2.68 bits per heavy atom. The summed E-state index contributed by atoms with van der Waals surface area (Å²) < 4.78 is 5.21. The Labute approximate surface area is 198 Å². The van der Waals surface area contributed by atoms with Crippen LogP contribution in [0.5, 0.6) is 5.75 Å². The van der Waals surface area contributed by atoms with Crippen LogP contribution in [0.2, 0.25) is 0 Å². The maximum Gasteiger partial charge on any atom is 0.229 e. The maximum absolute atomic E-state index is 12.2. The van der Waals surface area contributed by atoms with Gasteiger partial charge in [0.15, 0.2) is 11.6 Å². The highest BCUT2D eigenvalue weighted by atomic mass is 16.5. The number of aromatic nitrogens is 3. The van der Waals surface area contributed by atoms with Gasteiger partial charge >= 0.3 is 0 Å². The quantitative estimate of drug-likeness (QED) is 0.435. The molecule has 3 heterocycles. The van der Waals surface area contributed by atoms with E-state index in [4.69, 9.17) is 14.7 Å². The molecule has 0 saturated carbocycles. The normalized spacial score (nSPS) is 19.2. The number of nitrogens with one attached hydrogen (secondary N) is 1. The number of nitrogens with zero attached hydrogens (tertiary/aromatic N) is 5. The minimum Gasteiger partial charge on any atom is -0.497 e. The van der Waals surface area contributed by atoms with Crippen LogP contribution in [-0.4, -0.2) is 45.1 Å². The first-order valence-electron chi connectivity index (χ1n) is 11.0. The number of amides is 1. The topological polar surface area (TPSA) is 104 Å². The largest absolute Gasteiger partial charge is 0.497 e. The van der Waals surface area contributed by atoms with Gasteiger partial charge in [-0.25, -0.2) is 20.0 Å². The minimum absolute atomic E-state index is 0.322. The predicted octanol–water partition coefficient (Wildman–Crippen LogP) is 4.00. The number of aliphatic hydroxyl groups is 1. The van der Waals surface area contributed by atoms with Gasteiger partial charge in [0.2, 0.25) is 12.4 Å². The first-order chi connectivity index (χ1) is 16.4. The number of fused-ring (bicyclic) bond motifs is 2. The van der Waals surface area contributed by atoms with Gasteiger partial charge in [-0.05, 0) is 63.1 Å². The van der Waals surface area contributed by atoms with Crippen LogP contribution >= 0.6 is 0 Å². The lowest BCUT2D eigenvalue weighted by Gasteiger charge is -2.33. The standard InChI is InChI=1S/C25H28N6O3/c1-18-16-26-24(27-19-10-12-20(34-3)13-11-19)29-23(18)31-22-9-7-8-21(28-22)25(2,33)14-5-4-6-15-30(31)17-32/h4,6-13,16-17,33H,5,14-15H2,1-3H3,(H,26,27,29)/b6-4-. The second kappa shape index (κ2) is 9.88. The maximum atomic E-state index is 12.2. The van der Waals surface area contributed by atoms with Gasteiger partial charge in [0.25, 0.3) is 0 Å². The number of carbonyl (C=O) groups is 1. The van der Waals surface area contributed by atoms with Gasteiger partial charge in [-0.15, -0.1) is 0 Å². The van der Waals surface area contributed by atoms with E-state index in [1.807, 2.05) is 49.4 Å². The van der Waals surface area contributed by atoms with Crippen LogP contribution in [0, 0.1) is 6.92 Å². The van der Waals surface area contributed by atoms with Crippen molar-refractivity contribution >= 4 is 29.7 Å². The SMILES string of the molecule is COc1ccc(Nc2ncc(C)c(N3c4cccc(n4)C(C)(O)CC/C=C\CN3C=O)n2)cc1. The molecular weight excluding hydrogens is 432 g/mol. The third-order valence-corrected chi connectivity index (χ3v) is 5.63. The average molecular weight is 461 g/mol. The van der Waals surface area contributed by atoms with Crippen molar-refractivity contribution in [1.82, 2.24) is 20.0 Å². The second-order valence-corrected chi connectivity index (χ2v) is 8.26. The Morgan fingerprint density at radius 1 is 1.15 bits per heavy atom. The van der Waals surface area contributed by atoms with Crippen LogP contribution in [0.4, 0.5) is 23.3 Å². The van der Waals surface area contributed by atoms with Gasteiger partial charge in [0.1, 0.15) is 11.4 Å². The van der Waals surface area contributed by atoms with E-state index in [-0.39, 0.29) is 0 Å². The van der Waals surface area contributed by atoms with Crippen molar-refractivity contribution in [2.45, 2.75) is 32.3 Å². The van der Waals surface area contributed by atoms with E-state index in [0.29, 0.717) is 42.7 Å². The highest BCUT2D eigenvalue weighted by Crippen LogP contribution is 2.32. The summed E-state index contributed by atoms with van der Waals surface area (Å²) in [5.41, 5.74) is 0.966. The summed E-state index contributed by atoms with van der Waals surface area (Å²) in [4.78, 5) is 26.0. The highest BCUT2D eigenvalue weighted by Gasteiger charge is 2.28. The Hall–Kier alpha value is -3.98. The summed E-state index contributed by atoms with van der Waals surface area (Å²) >= 11 is 0. The van der Waals surface area contributed by atoms with E-state index in [0.717, 1.165) is 23.4 Å². The van der Waals surface area contributed by atoms with Crippen molar-refractivity contribution in [1.29, 1.82) is 0 Å². The van der Waals surface area contributed by atoms with E-state index < -0.39 is 5.60 Å². The summed E-state index contributed by atoms with van der Waals surface area (Å²) in [5, 5.41) is 17.3. The molecule has 3 aromatic rings. The van der Waals surface area contributed by atoms with E-state index >= 15 is 0 Å². The fourth-order valence-corrected chi connectivity index (χ4v) is 3.68. The lowest BCUT2D eigenvalue weighted by atomic mass is 9.95. The van der Waals surface area contributed by atoms with Crippen LogP contribution in [0.3, 0.4) is 0 Å². The van der Waals surface area contributed by atoms with Gasteiger partial charge in [0.05, 0.1) is 19.3 Å². The fourth-order valence-electron chi connectivity index (χ4n) is 3.68. The molecule has 1 aliphatic heterocycles. The Bertz CT molecular complexity index is 1180. The summed E-state index contributed by atoms with van der Waals surface area (Å²) in [7, 11) is 1.61.